The van der Waals surface area contributed by atoms with Crippen LogP contribution in [0.4, 0.5) is 14.5 Å². The number of para-hydroxylation sites is 2. The van der Waals surface area contributed by atoms with Crippen molar-refractivity contribution in [3.63, 3.8) is 0 Å². The molecule has 1 saturated heterocycles. The van der Waals surface area contributed by atoms with Crippen LogP contribution in [-0.4, -0.2) is 48.4 Å². The highest BCUT2D eigenvalue weighted by molar-refractivity contribution is 5.92. The van der Waals surface area contributed by atoms with E-state index in [-0.39, 0.29) is 17.6 Å². The van der Waals surface area contributed by atoms with E-state index in [1.54, 1.807) is 7.11 Å². The molecule has 0 spiro atoms. The first-order valence-corrected chi connectivity index (χ1v) is 8.57. The smallest absolute Gasteiger partial charge is 0.269 e. The molecule has 0 saturated carbocycles. The molecule has 0 radical (unpaired) electrons. The van der Waals surface area contributed by atoms with Gasteiger partial charge in [-0.2, -0.15) is 5.10 Å². The van der Waals surface area contributed by atoms with Gasteiger partial charge in [-0.15, -0.1) is 0 Å². The minimum absolute atomic E-state index is 0.00311. The Morgan fingerprint density at radius 1 is 1.31 bits per heavy atom. The normalized spacial score (nSPS) is 15.3. The fraction of sp³-hybridized carbons (Fsp3) is 0.444. The summed E-state index contributed by atoms with van der Waals surface area (Å²) in [5.41, 5.74) is 1.20. The van der Waals surface area contributed by atoms with Gasteiger partial charge in [-0.05, 0) is 31.0 Å². The second-order valence-electron chi connectivity index (χ2n) is 6.20. The number of rotatable bonds is 6. The summed E-state index contributed by atoms with van der Waals surface area (Å²) in [5.74, 6) is 0.463. The number of piperidine rings is 1. The van der Waals surface area contributed by atoms with E-state index in [1.807, 2.05) is 24.3 Å². The third-order valence-corrected chi connectivity index (χ3v) is 4.52. The molecule has 1 aromatic carbocycles. The van der Waals surface area contributed by atoms with Crippen molar-refractivity contribution in [1.82, 2.24) is 15.1 Å². The fourth-order valence-corrected chi connectivity index (χ4v) is 3.22. The monoisotopic (exact) mass is 364 g/mol. The van der Waals surface area contributed by atoms with Crippen LogP contribution < -0.4 is 15.0 Å². The Bertz CT molecular complexity index is 742. The number of hydrogen-bond acceptors (Lipinski definition) is 4. The second kappa shape index (κ2) is 8.16. The van der Waals surface area contributed by atoms with E-state index in [0.29, 0.717) is 0 Å². The number of amides is 1. The van der Waals surface area contributed by atoms with Crippen molar-refractivity contribution in [2.75, 3.05) is 25.1 Å². The van der Waals surface area contributed by atoms with Crippen LogP contribution in [0.5, 0.6) is 5.75 Å². The Morgan fingerprint density at radius 3 is 2.73 bits per heavy atom. The number of ether oxygens (including phenoxy) is 1. The average molecular weight is 364 g/mol. The molecule has 140 valence electrons. The van der Waals surface area contributed by atoms with Crippen molar-refractivity contribution < 1.29 is 18.3 Å². The molecule has 0 bridgehead atoms. The van der Waals surface area contributed by atoms with Crippen LogP contribution in [0.2, 0.25) is 0 Å². The zero-order valence-corrected chi connectivity index (χ0v) is 14.6. The van der Waals surface area contributed by atoms with Gasteiger partial charge in [-0.1, -0.05) is 12.1 Å². The molecule has 0 atom stereocenters. The molecule has 2 heterocycles. The molecule has 8 heteroatoms. The van der Waals surface area contributed by atoms with Gasteiger partial charge in [0.15, 0.2) is 0 Å². The molecule has 1 aromatic heterocycles. The maximum Gasteiger partial charge on any atom is 0.269 e. The van der Waals surface area contributed by atoms with E-state index in [4.69, 9.17) is 4.74 Å². The topological polar surface area (TPSA) is 59.4 Å². The lowest BCUT2D eigenvalue weighted by molar-refractivity contribution is 0.0902. The van der Waals surface area contributed by atoms with Crippen LogP contribution in [0, 0.1) is 0 Å². The lowest BCUT2D eigenvalue weighted by atomic mass is 10.0. The van der Waals surface area contributed by atoms with Crippen molar-refractivity contribution in [2.45, 2.75) is 31.9 Å². The van der Waals surface area contributed by atoms with E-state index in [0.717, 1.165) is 42.0 Å². The van der Waals surface area contributed by atoms with Crippen LogP contribution in [0.25, 0.3) is 0 Å². The molecule has 0 unspecified atom stereocenters. The quantitative estimate of drug-likeness (QED) is 0.856. The van der Waals surface area contributed by atoms with Gasteiger partial charge in [0.25, 0.3) is 12.3 Å². The van der Waals surface area contributed by atoms with E-state index < -0.39 is 13.0 Å². The first-order chi connectivity index (χ1) is 12.6. The summed E-state index contributed by atoms with van der Waals surface area (Å²) in [6.07, 6.45) is 0.353. The lowest BCUT2D eigenvalue weighted by Gasteiger charge is -2.34. The molecular weight excluding hydrogens is 342 g/mol. The molecule has 0 aliphatic carbocycles. The van der Waals surface area contributed by atoms with Gasteiger partial charge in [0.2, 0.25) is 0 Å². The average Bonchev–Trinajstić information content (AvgIpc) is 3.10. The first kappa shape index (κ1) is 18.2. The summed E-state index contributed by atoms with van der Waals surface area (Å²) in [5, 5.41) is 6.73. The number of nitrogens with one attached hydrogen (secondary N) is 1. The Kier molecular flexibility index (Phi) is 5.70. The predicted molar refractivity (Wildman–Crippen MR) is 93.9 cm³/mol. The highest BCUT2D eigenvalue weighted by atomic mass is 19.3. The molecule has 3 rings (SSSR count). The molecule has 1 aliphatic heterocycles. The standard InChI is InChI=1S/C18H22F2N4O2/c1-26-16-5-3-2-4-14(16)23-10-7-13(8-11-23)22-18(25)15-6-9-21-24(15)12-17(19)20/h2-6,9,13,17H,7-8,10-12H2,1H3,(H,22,25). The maximum absolute atomic E-state index is 12.6. The number of carbonyl (C=O) groups is 1. The summed E-state index contributed by atoms with van der Waals surface area (Å²) in [6, 6.07) is 9.30. The zero-order chi connectivity index (χ0) is 18.5. The summed E-state index contributed by atoms with van der Waals surface area (Å²) < 4.78 is 31.6. The van der Waals surface area contributed by atoms with Gasteiger partial charge < -0.3 is 15.0 Å². The van der Waals surface area contributed by atoms with Crippen molar-refractivity contribution >= 4 is 11.6 Å². The fourth-order valence-electron chi connectivity index (χ4n) is 3.22. The van der Waals surface area contributed by atoms with Crippen LogP contribution >= 0.6 is 0 Å². The number of alkyl halides is 2. The number of anilines is 1. The van der Waals surface area contributed by atoms with Gasteiger partial charge in [-0.3, -0.25) is 9.48 Å². The summed E-state index contributed by atoms with van der Waals surface area (Å²) in [7, 11) is 1.65. The van der Waals surface area contributed by atoms with E-state index in [1.165, 1.54) is 12.3 Å². The van der Waals surface area contributed by atoms with E-state index in [2.05, 4.69) is 15.3 Å². The second-order valence-corrected chi connectivity index (χ2v) is 6.20. The lowest BCUT2D eigenvalue weighted by Crippen LogP contribution is -2.45. The largest absolute Gasteiger partial charge is 0.495 e. The molecule has 26 heavy (non-hydrogen) atoms. The number of nitrogens with zero attached hydrogens (tertiary/aromatic N) is 3. The SMILES string of the molecule is COc1ccccc1N1CCC(NC(=O)c2ccnn2CC(F)F)CC1. The van der Waals surface area contributed by atoms with Crippen LogP contribution in [0.1, 0.15) is 23.3 Å². The maximum atomic E-state index is 12.6. The molecule has 2 aromatic rings. The number of halogens is 2. The van der Waals surface area contributed by atoms with Gasteiger partial charge in [0.05, 0.1) is 12.8 Å². The number of hydrogen-bond donors (Lipinski definition) is 1. The predicted octanol–water partition coefficient (Wildman–Crippen LogP) is 2.56. The third-order valence-electron chi connectivity index (χ3n) is 4.52. The number of aromatic nitrogens is 2. The highest BCUT2D eigenvalue weighted by Crippen LogP contribution is 2.29. The highest BCUT2D eigenvalue weighted by Gasteiger charge is 2.24. The number of methoxy groups -OCH3 is 1. The molecular formula is C18H22F2N4O2. The van der Waals surface area contributed by atoms with Crippen molar-refractivity contribution in [1.29, 1.82) is 0 Å². The summed E-state index contributed by atoms with van der Waals surface area (Å²) in [4.78, 5) is 14.6. The Morgan fingerprint density at radius 2 is 2.04 bits per heavy atom. The van der Waals surface area contributed by atoms with Crippen molar-refractivity contribution in [2.24, 2.45) is 0 Å². The van der Waals surface area contributed by atoms with Crippen LogP contribution in [-0.2, 0) is 6.54 Å². The zero-order valence-electron chi connectivity index (χ0n) is 14.6. The first-order valence-electron chi connectivity index (χ1n) is 8.57. The van der Waals surface area contributed by atoms with Gasteiger partial charge in [-0.25, -0.2) is 8.78 Å². The molecule has 1 aliphatic rings. The van der Waals surface area contributed by atoms with Gasteiger partial charge in [0.1, 0.15) is 18.0 Å². The minimum atomic E-state index is -2.55. The number of benzene rings is 1. The Hall–Kier alpha value is -2.64. The summed E-state index contributed by atoms with van der Waals surface area (Å²) >= 11 is 0. The van der Waals surface area contributed by atoms with Gasteiger partial charge in [0, 0.05) is 25.3 Å². The van der Waals surface area contributed by atoms with Gasteiger partial charge >= 0.3 is 0 Å². The molecule has 1 amide bonds. The number of carbonyl (C=O) groups excluding carboxylic acids is 1. The van der Waals surface area contributed by atoms with Crippen molar-refractivity contribution in [3.8, 4) is 5.75 Å². The van der Waals surface area contributed by atoms with Crippen LogP contribution in [0.3, 0.4) is 0 Å². The molecule has 1 N–H and O–H groups in total. The Balaban J connectivity index is 1.57. The molecule has 1 fully saturated rings. The Labute approximate surface area is 150 Å². The minimum Gasteiger partial charge on any atom is -0.495 e. The molecule has 6 nitrogen and oxygen atoms in total. The van der Waals surface area contributed by atoms with Crippen molar-refractivity contribution in [3.05, 3.63) is 42.2 Å². The summed E-state index contributed by atoms with van der Waals surface area (Å²) in [6.45, 7) is 0.977. The third kappa shape index (κ3) is 4.12. The van der Waals surface area contributed by atoms with E-state index in [9.17, 15) is 13.6 Å². The van der Waals surface area contributed by atoms with Crippen LogP contribution in [0.15, 0.2) is 36.5 Å². The van der Waals surface area contributed by atoms with E-state index >= 15 is 0 Å².